The van der Waals surface area contributed by atoms with Crippen molar-refractivity contribution in [2.75, 3.05) is 19.0 Å². The molecule has 2 heterocycles. The Kier molecular flexibility index (Phi) is 6.50. The summed E-state index contributed by atoms with van der Waals surface area (Å²) in [7, 11) is 1.33. The van der Waals surface area contributed by atoms with Crippen LogP contribution >= 0.6 is 0 Å². The van der Waals surface area contributed by atoms with Gasteiger partial charge in [0.15, 0.2) is 0 Å². The minimum atomic E-state index is -0.613. The number of ether oxygens (including phenoxy) is 1. The zero-order valence-corrected chi connectivity index (χ0v) is 17.5. The van der Waals surface area contributed by atoms with Crippen molar-refractivity contribution in [1.29, 1.82) is 0 Å². The molecule has 1 amide bonds. The highest BCUT2D eigenvalue weighted by atomic mass is 16.5. The first-order valence-electron chi connectivity index (χ1n) is 9.01. The van der Waals surface area contributed by atoms with Gasteiger partial charge in [-0.25, -0.2) is 9.97 Å². The molecular weight excluding hydrogens is 360 g/mol. The molecule has 152 valence electrons. The molecule has 9 nitrogen and oxygen atoms in total. The van der Waals surface area contributed by atoms with Gasteiger partial charge in [0.2, 0.25) is 5.91 Å². The predicted molar refractivity (Wildman–Crippen MR) is 105 cm³/mol. The Morgan fingerprint density at radius 2 is 1.71 bits per heavy atom. The van der Waals surface area contributed by atoms with Crippen molar-refractivity contribution < 1.29 is 14.3 Å². The average Bonchev–Trinajstić information content (AvgIpc) is 2.92. The molecule has 0 aliphatic rings. The number of methoxy groups -OCH3 is 1. The molecular formula is C19H28N6O3. The summed E-state index contributed by atoms with van der Waals surface area (Å²) in [6.07, 6.45) is 0. The third-order valence-corrected chi connectivity index (χ3v) is 4.03. The van der Waals surface area contributed by atoms with Crippen LogP contribution in [0.3, 0.4) is 0 Å². The number of aromatic nitrogens is 4. The summed E-state index contributed by atoms with van der Waals surface area (Å²) in [5, 5.41) is 10.1. The Morgan fingerprint density at radius 3 is 2.25 bits per heavy atom. The largest absolute Gasteiger partial charge is 0.468 e. The fraction of sp³-hybridized carbons (Fsp3) is 0.526. The summed E-state index contributed by atoms with van der Waals surface area (Å²) in [4.78, 5) is 33.2. The molecule has 0 radical (unpaired) electrons. The molecule has 1 atom stereocenters. The molecule has 2 N–H and O–H groups in total. The van der Waals surface area contributed by atoms with Gasteiger partial charge in [-0.2, -0.15) is 9.78 Å². The van der Waals surface area contributed by atoms with E-state index in [9.17, 15) is 9.59 Å². The van der Waals surface area contributed by atoms with E-state index in [1.165, 1.54) is 11.8 Å². The number of nitrogens with zero attached hydrogens (tertiary/aromatic N) is 4. The van der Waals surface area contributed by atoms with Crippen LogP contribution in [0.1, 0.15) is 37.9 Å². The van der Waals surface area contributed by atoms with Gasteiger partial charge in [-0.3, -0.25) is 14.9 Å². The maximum absolute atomic E-state index is 12.5. The Balaban J connectivity index is 2.15. The van der Waals surface area contributed by atoms with E-state index in [0.717, 1.165) is 11.4 Å². The van der Waals surface area contributed by atoms with Gasteiger partial charge in [-0.15, -0.1) is 0 Å². The van der Waals surface area contributed by atoms with Crippen molar-refractivity contribution in [3.05, 3.63) is 29.2 Å². The summed E-state index contributed by atoms with van der Waals surface area (Å²) in [6.45, 7) is 11.2. The second-order valence-corrected chi connectivity index (χ2v) is 7.78. The van der Waals surface area contributed by atoms with Crippen LogP contribution in [0.25, 0.3) is 5.95 Å². The molecule has 0 aliphatic carbocycles. The van der Waals surface area contributed by atoms with E-state index in [1.807, 2.05) is 47.6 Å². The van der Waals surface area contributed by atoms with Gasteiger partial charge in [0, 0.05) is 17.5 Å². The molecule has 2 rings (SSSR count). The van der Waals surface area contributed by atoms with E-state index < -0.39 is 17.4 Å². The summed E-state index contributed by atoms with van der Waals surface area (Å²) in [5.41, 5.74) is 1.92. The van der Waals surface area contributed by atoms with Crippen molar-refractivity contribution in [2.24, 2.45) is 5.41 Å². The molecule has 2 aromatic rings. The number of hydrogen-bond acceptors (Lipinski definition) is 7. The lowest BCUT2D eigenvalue weighted by molar-refractivity contribution is -0.146. The Morgan fingerprint density at radius 1 is 1.11 bits per heavy atom. The smallest absolute Gasteiger partial charge is 0.323 e. The highest BCUT2D eigenvalue weighted by Gasteiger charge is 2.32. The SMILES string of the molecule is COC(=O)C(NCC(=O)Nc1cc(C)nn1-c1nc(C)cc(C)n1)C(C)(C)C. The van der Waals surface area contributed by atoms with E-state index in [2.05, 4.69) is 25.7 Å². The molecule has 0 aromatic carbocycles. The quantitative estimate of drug-likeness (QED) is 0.725. The molecule has 9 heteroatoms. The second-order valence-electron chi connectivity index (χ2n) is 7.78. The third-order valence-electron chi connectivity index (χ3n) is 4.03. The Bertz CT molecular complexity index is 849. The summed E-state index contributed by atoms with van der Waals surface area (Å²) in [6, 6.07) is 2.99. The Hall–Kier alpha value is -2.81. The number of carbonyl (C=O) groups is 2. The molecule has 0 spiro atoms. The maximum Gasteiger partial charge on any atom is 0.323 e. The third kappa shape index (κ3) is 5.35. The van der Waals surface area contributed by atoms with Crippen LogP contribution in [-0.4, -0.2) is 51.3 Å². The van der Waals surface area contributed by atoms with Crippen LogP contribution in [0.5, 0.6) is 0 Å². The average molecular weight is 388 g/mol. The van der Waals surface area contributed by atoms with Crippen molar-refractivity contribution >= 4 is 17.7 Å². The number of anilines is 1. The molecule has 0 aliphatic heterocycles. The molecule has 1 unspecified atom stereocenters. The maximum atomic E-state index is 12.5. The molecule has 2 aromatic heterocycles. The van der Waals surface area contributed by atoms with Crippen LogP contribution in [0.15, 0.2) is 12.1 Å². The fourth-order valence-electron chi connectivity index (χ4n) is 2.79. The number of nitrogens with one attached hydrogen (secondary N) is 2. The minimum Gasteiger partial charge on any atom is -0.468 e. The number of rotatable bonds is 6. The lowest BCUT2D eigenvalue weighted by atomic mass is 9.87. The highest BCUT2D eigenvalue weighted by Crippen LogP contribution is 2.20. The van der Waals surface area contributed by atoms with Crippen LogP contribution in [0.4, 0.5) is 5.82 Å². The zero-order valence-electron chi connectivity index (χ0n) is 17.5. The van der Waals surface area contributed by atoms with E-state index in [0.29, 0.717) is 17.5 Å². The monoisotopic (exact) mass is 388 g/mol. The van der Waals surface area contributed by atoms with Gasteiger partial charge in [0.1, 0.15) is 11.9 Å². The first-order valence-corrected chi connectivity index (χ1v) is 9.01. The second kappa shape index (κ2) is 8.47. The van der Waals surface area contributed by atoms with Gasteiger partial charge in [-0.05, 0) is 32.3 Å². The van der Waals surface area contributed by atoms with Crippen LogP contribution in [0.2, 0.25) is 0 Å². The fourth-order valence-corrected chi connectivity index (χ4v) is 2.79. The molecule has 0 saturated heterocycles. The van der Waals surface area contributed by atoms with Crippen molar-refractivity contribution in [3.63, 3.8) is 0 Å². The summed E-state index contributed by atoms with van der Waals surface area (Å²) < 4.78 is 6.32. The van der Waals surface area contributed by atoms with E-state index in [4.69, 9.17) is 4.74 Å². The highest BCUT2D eigenvalue weighted by molar-refractivity contribution is 5.92. The van der Waals surface area contributed by atoms with Crippen LogP contribution < -0.4 is 10.6 Å². The number of carbonyl (C=O) groups excluding carboxylic acids is 2. The minimum absolute atomic E-state index is 0.0605. The zero-order chi connectivity index (χ0) is 21.1. The first kappa shape index (κ1) is 21.5. The normalized spacial score (nSPS) is 12.5. The predicted octanol–water partition coefficient (Wildman–Crippen LogP) is 1.70. The molecule has 0 fully saturated rings. The Labute approximate surface area is 164 Å². The number of esters is 1. The molecule has 0 saturated carbocycles. The topological polar surface area (TPSA) is 111 Å². The van der Waals surface area contributed by atoms with Crippen molar-refractivity contribution in [2.45, 2.75) is 47.6 Å². The van der Waals surface area contributed by atoms with Gasteiger partial charge < -0.3 is 10.1 Å². The van der Waals surface area contributed by atoms with Gasteiger partial charge in [0.25, 0.3) is 5.95 Å². The summed E-state index contributed by atoms with van der Waals surface area (Å²) >= 11 is 0. The number of hydrogen-bond donors (Lipinski definition) is 2. The summed E-state index contributed by atoms with van der Waals surface area (Å²) in [5.74, 6) is 0.115. The van der Waals surface area contributed by atoms with Crippen molar-refractivity contribution in [3.8, 4) is 5.95 Å². The lowest BCUT2D eigenvalue weighted by Crippen LogP contribution is -2.49. The van der Waals surface area contributed by atoms with E-state index in [1.54, 1.807) is 6.07 Å². The van der Waals surface area contributed by atoms with Crippen molar-refractivity contribution in [1.82, 2.24) is 25.1 Å². The number of amides is 1. The van der Waals surface area contributed by atoms with Gasteiger partial charge >= 0.3 is 5.97 Å². The van der Waals surface area contributed by atoms with Crippen LogP contribution in [0, 0.1) is 26.2 Å². The standard InChI is InChI=1S/C19H28N6O3/c1-11-8-12(2)22-18(21-11)25-14(9-13(3)24-25)23-15(26)10-20-16(17(27)28-7)19(4,5)6/h8-9,16,20H,10H2,1-7H3,(H,23,26). The number of aryl methyl sites for hydroxylation is 3. The van der Waals surface area contributed by atoms with E-state index in [-0.39, 0.29) is 12.5 Å². The van der Waals surface area contributed by atoms with Gasteiger partial charge in [0.05, 0.1) is 19.3 Å². The first-order chi connectivity index (χ1) is 13.0. The van der Waals surface area contributed by atoms with E-state index >= 15 is 0 Å². The molecule has 28 heavy (non-hydrogen) atoms. The molecule has 0 bridgehead atoms. The lowest BCUT2D eigenvalue weighted by Gasteiger charge is -2.28. The van der Waals surface area contributed by atoms with Crippen LogP contribution in [-0.2, 0) is 14.3 Å². The van der Waals surface area contributed by atoms with Gasteiger partial charge in [-0.1, -0.05) is 20.8 Å².